The first-order chi connectivity index (χ1) is 7.40. The summed E-state index contributed by atoms with van der Waals surface area (Å²) in [4.78, 5) is 0. The largest absolute Gasteiger partial charge is 0.484 e. The van der Waals surface area contributed by atoms with Crippen molar-refractivity contribution in [3.63, 3.8) is 0 Å². The molecule has 0 radical (unpaired) electrons. The monoisotopic (exact) mass is 245 g/mol. The van der Waals surface area contributed by atoms with Crippen molar-refractivity contribution < 1.29 is 13.2 Å². The highest BCUT2D eigenvalue weighted by Gasteiger charge is 2.28. The summed E-state index contributed by atoms with van der Waals surface area (Å²) in [7, 11) is 0. The van der Waals surface area contributed by atoms with Crippen molar-refractivity contribution >= 4 is 23.0 Å². The van der Waals surface area contributed by atoms with E-state index in [1.807, 2.05) is 6.07 Å². The SMILES string of the molecule is N#Cc1ccc(NC(=S)NC(F)(F)F)cc1. The minimum absolute atomic E-state index is 0.376. The maximum Gasteiger partial charge on any atom is 0.484 e. The van der Waals surface area contributed by atoms with Gasteiger partial charge in [-0.2, -0.15) is 18.4 Å². The molecule has 0 saturated heterocycles. The molecule has 0 heterocycles. The summed E-state index contributed by atoms with van der Waals surface area (Å²) in [6.07, 6.45) is -4.56. The van der Waals surface area contributed by atoms with E-state index < -0.39 is 11.4 Å². The van der Waals surface area contributed by atoms with Crippen LogP contribution in [0.3, 0.4) is 0 Å². The van der Waals surface area contributed by atoms with Crippen molar-refractivity contribution in [2.24, 2.45) is 0 Å². The molecule has 16 heavy (non-hydrogen) atoms. The third-order valence-electron chi connectivity index (χ3n) is 1.53. The standard InChI is InChI=1S/C9H6F3N3S/c10-9(11,12)15-8(16)14-7-3-1-6(5-13)2-4-7/h1-4H,(H2,14,15,16). The van der Waals surface area contributed by atoms with Gasteiger partial charge >= 0.3 is 6.30 Å². The highest BCUT2D eigenvalue weighted by molar-refractivity contribution is 7.80. The molecule has 7 heteroatoms. The van der Waals surface area contributed by atoms with Gasteiger partial charge in [-0.25, -0.2) is 0 Å². The van der Waals surface area contributed by atoms with Crippen LogP contribution in [0.15, 0.2) is 24.3 Å². The van der Waals surface area contributed by atoms with Crippen molar-refractivity contribution in [3.05, 3.63) is 29.8 Å². The Morgan fingerprint density at radius 2 is 1.81 bits per heavy atom. The van der Waals surface area contributed by atoms with Crippen molar-refractivity contribution in [1.29, 1.82) is 5.26 Å². The summed E-state index contributed by atoms with van der Waals surface area (Å²) in [5.41, 5.74) is 0.793. The minimum atomic E-state index is -4.56. The number of anilines is 1. The Labute approximate surface area is 94.9 Å². The van der Waals surface area contributed by atoms with Gasteiger partial charge in [0.2, 0.25) is 0 Å². The molecule has 0 aliphatic heterocycles. The molecule has 0 bridgehead atoms. The first kappa shape index (κ1) is 12.3. The molecule has 0 aromatic heterocycles. The molecule has 1 aromatic carbocycles. The molecule has 0 amide bonds. The molecule has 84 valence electrons. The first-order valence-electron chi connectivity index (χ1n) is 4.07. The lowest BCUT2D eigenvalue weighted by atomic mass is 10.2. The zero-order valence-electron chi connectivity index (χ0n) is 7.80. The average Bonchev–Trinajstić information content (AvgIpc) is 2.16. The van der Waals surface area contributed by atoms with E-state index in [4.69, 9.17) is 5.26 Å². The molecule has 2 N–H and O–H groups in total. The van der Waals surface area contributed by atoms with Gasteiger partial charge < -0.3 is 5.32 Å². The average molecular weight is 245 g/mol. The minimum Gasteiger partial charge on any atom is -0.333 e. The number of nitrogens with one attached hydrogen (secondary N) is 2. The molecule has 0 atom stereocenters. The predicted molar refractivity (Wildman–Crippen MR) is 56.6 cm³/mol. The van der Waals surface area contributed by atoms with Crippen molar-refractivity contribution in [3.8, 4) is 6.07 Å². The molecular weight excluding hydrogens is 239 g/mol. The number of nitrogens with zero attached hydrogens (tertiary/aromatic N) is 1. The Morgan fingerprint density at radius 3 is 2.25 bits per heavy atom. The highest BCUT2D eigenvalue weighted by Crippen LogP contribution is 2.12. The summed E-state index contributed by atoms with van der Waals surface area (Å²) >= 11 is 4.44. The van der Waals surface area contributed by atoms with Gasteiger partial charge in [-0.3, -0.25) is 5.32 Å². The fourth-order valence-electron chi connectivity index (χ4n) is 0.919. The van der Waals surface area contributed by atoms with E-state index in [0.29, 0.717) is 11.3 Å². The Bertz CT molecular complexity index is 419. The summed E-state index contributed by atoms with van der Waals surface area (Å²) in [5.74, 6) is 0. The van der Waals surface area contributed by atoms with Gasteiger partial charge in [-0.15, -0.1) is 0 Å². The molecule has 0 saturated carbocycles. The first-order valence-corrected chi connectivity index (χ1v) is 4.47. The van der Waals surface area contributed by atoms with Crippen LogP contribution in [0, 0.1) is 11.3 Å². The van der Waals surface area contributed by atoms with Crippen molar-refractivity contribution in [2.45, 2.75) is 6.30 Å². The lowest BCUT2D eigenvalue weighted by molar-refractivity contribution is -0.141. The van der Waals surface area contributed by atoms with Crippen molar-refractivity contribution in [2.75, 3.05) is 5.32 Å². The molecular formula is C9H6F3N3S. The molecule has 0 aliphatic rings. The smallest absolute Gasteiger partial charge is 0.333 e. The van der Waals surface area contributed by atoms with E-state index in [2.05, 4.69) is 17.5 Å². The van der Waals surface area contributed by atoms with Gasteiger partial charge in [0.1, 0.15) is 0 Å². The van der Waals surface area contributed by atoms with Gasteiger partial charge in [0.05, 0.1) is 11.6 Å². The quantitative estimate of drug-likeness (QED) is 0.589. The number of rotatable bonds is 1. The molecule has 1 aromatic rings. The number of thiocarbonyl (C=S) groups is 1. The maximum atomic E-state index is 11.8. The van der Waals surface area contributed by atoms with Gasteiger partial charge in [-0.05, 0) is 36.5 Å². The van der Waals surface area contributed by atoms with Gasteiger partial charge in [0.15, 0.2) is 5.11 Å². The number of nitriles is 1. The Hall–Kier alpha value is -1.81. The Balaban J connectivity index is 2.61. The number of hydrogen-bond donors (Lipinski definition) is 2. The van der Waals surface area contributed by atoms with Crippen LogP contribution in [-0.4, -0.2) is 11.4 Å². The number of halogens is 3. The molecule has 0 spiro atoms. The third kappa shape index (κ3) is 4.14. The van der Waals surface area contributed by atoms with Crippen LogP contribution in [0.25, 0.3) is 0 Å². The van der Waals surface area contributed by atoms with Crippen LogP contribution in [-0.2, 0) is 0 Å². The lowest BCUT2D eigenvalue weighted by Gasteiger charge is -2.12. The zero-order valence-corrected chi connectivity index (χ0v) is 8.62. The van der Waals surface area contributed by atoms with Crippen LogP contribution < -0.4 is 10.6 Å². The van der Waals surface area contributed by atoms with Gasteiger partial charge in [0, 0.05) is 5.69 Å². The van der Waals surface area contributed by atoms with E-state index >= 15 is 0 Å². The van der Waals surface area contributed by atoms with Crippen LogP contribution in [0.2, 0.25) is 0 Å². The van der Waals surface area contributed by atoms with Crippen LogP contribution in [0.1, 0.15) is 5.56 Å². The summed E-state index contributed by atoms with van der Waals surface area (Å²) in [6, 6.07) is 7.75. The summed E-state index contributed by atoms with van der Waals surface area (Å²) < 4.78 is 35.5. The predicted octanol–water partition coefficient (Wildman–Crippen LogP) is 2.36. The summed E-state index contributed by atoms with van der Waals surface area (Å²) in [5, 5.41) is 11.5. The third-order valence-corrected chi connectivity index (χ3v) is 1.73. The zero-order chi connectivity index (χ0) is 12.2. The number of hydrogen-bond acceptors (Lipinski definition) is 2. The number of alkyl halides is 3. The van der Waals surface area contributed by atoms with Crippen LogP contribution in [0.4, 0.5) is 18.9 Å². The van der Waals surface area contributed by atoms with Gasteiger partial charge in [-0.1, -0.05) is 0 Å². The lowest BCUT2D eigenvalue weighted by Crippen LogP contribution is -2.39. The topological polar surface area (TPSA) is 47.9 Å². The van der Waals surface area contributed by atoms with Crippen molar-refractivity contribution in [1.82, 2.24) is 5.32 Å². The molecule has 0 fully saturated rings. The fraction of sp³-hybridized carbons (Fsp3) is 0.111. The second-order valence-electron chi connectivity index (χ2n) is 2.77. The van der Waals surface area contributed by atoms with E-state index in [-0.39, 0.29) is 0 Å². The van der Waals surface area contributed by atoms with E-state index in [1.165, 1.54) is 24.3 Å². The fourth-order valence-corrected chi connectivity index (χ4v) is 1.15. The van der Waals surface area contributed by atoms with E-state index in [0.717, 1.165) is 5.32 Å². The van der Waals surface area contributed by atoms with E-state index in [1.54, 1.807) is 0 Å². The Morgan fingerprint density at radius 1 is 1.25 bits per heavy atom. The highest BCUT2D eigenvalue weighted by atomic mass is 32.1. The summed E-state index contributed by atoms with van der Waals surface area (Å²) in [6.45, 7) is 0. The van der Waals surface area contributed by atoms with Crippen LogP contribution >= 0.6 is 12.2 Å². The Kier molecular flexibility index (Phi) is 3.68. The normalized spacial score (nSPS) is 10.4. The molecule has 1 rings (SSSR count). The second kappa shape index (κ2) is 4.81. The van der Waals surface area contributed by atoms with Gasteiger partial charge in [0.25, 0.3) is 0 Å². The van der Waals surface area contributed by atoms with Crippen LogP contribution in [0.5, 0.6) is 0 Å². The van der Waals surface area contributed by atoms with E-state index in [9.17, 15) is 13.2 Å². The second-order valence-corrected chi connectivity index (χ2v) is 3.17. The number of benzene rings is 1. The molecule has 0 aliphatic carbocycles. The maximum absolute atomic E-state index is 11.8. The molecule has 0 unspecified atom stereocenters. The molecule has 3 nitrogen and oxygen atoms in total.